The third-order valence-electron chi connectivity index (χ3n) is 9.06. The van der Waals surface area contributed by atoms with Crippen molar-refractivity contribution >= 4 is 73.4 Å². The van der Waals surface area contributed by atoms with Gasteiger partial charge in [0.2, 0.25) is 0 Å². The lowest BCUT2D eigenvalue weighted by Gasteiger charge is -2.14. The summed E-state index contributed by atoms with van der Waals surface area (Å²) in [6, 6.07) is 37.3. The van der Waals surface area contributed by atoms with Crippen molar-refractivity contribution < 1.29 is 0 Å². The van der Waals surface area contributed by atoms with Crippen LogP contribution in [0.2, 0.25) is 0 Å². The lowest BCUT2D eigenvalue weighted by atomic mass is 9.97. The lowest BCUT2D eigenvalue weighted by Crippen LogP contribution is -2.00. The van der Waals surface area contributed by atoms with E-state index in [0.29, 0.717) is 0 Å². The zero-order valence-corrected chi connectivity index (χ0v) is 26.0. The highest BCUT2D eigenvalue weighted by atomic mass is 15.0. The number of nitrogens with zero attached hydrogens (tertiary/aromatic N) is 3. The maximum Gasteiger partial charge on any atom is 0.146 e. The molecule has 5 aromatic carbocycles. The number of rotatable bonds is 6. The predicted molar refractivity (Wildman–Crippen MR) is 200 cm³/mol. The largest absolute Gasteiger partial charge is 0.309 e. The van der Waals surface area contributed by atoms with E-state index in [1.54, 1.807) is 0 Å². The third-order valence-corrected chi connectivity index (χ3v) is 9.06. The van der Waals surface area contributed by atoms with Crippen molar-refractivity contribution in [2.24, 2.45) is 0 Å². The van der Waals surface area contributed by atoms with Crippen LogP contribution in [0.5, 0.6) is 0 Å². The van der Waals surface area contributed by atoms with Crippen LogP contribution in [-0.2, 0) is 0 Å². The standard InChI is InChI=1S/C43H33N3/c1-5-13-39-33(7-3)34(8-4)40(14-6-2)45(39)32-22-19-28(20-23-32)31-21-24-41-36(26-31)35-25-29-15-9-10-16-30(29)27-37(35)43-44-38-17-11-12-18-42(38)46(41)43/h5-27H,3-4H2,1-2H3/b13-5-,14-6-. The van der Waals surface area contributed by atoms with Crippen LogP contribution in [0.25, 0.3) is 90.2 Å². The van der Waals surface area contributed by atoms with Crippen molar-refractivity contribution in [2.75, 3.05) is 0 Å². The summed E-state index contributed by atoms with van der Waals surface area (Å²) in [5.41, 5.74) is 12.0. The average molecular weight is 592 g/mol. The highest BCUT2D eigenvalue weighted by Crippen LogP contribution is 2.37. The molecule has 0 amide bonds. The molecule has 0 aliphatic carbocycles. The maximum absolute atomic E-state index is 5.12. The molecule has 8 aromatic rings. The van der Waals surface area contributed by atoms with Gasteiger partial charge in [-0.3, -0.25) is 4.40 Å². The van der Waals surface area contributed by atoms with Gasteiger partial charge in [0.15, 0.2) is 0 Å². The summed E-state index contributed by atoms with van der Waals surface area (Å²) >= 11 is 0. The fourth-order valence-corrected chi connectivity index (χ4v) is 7.03. The van der Waals surface area contributed by atoms with E-state index in [1.165, 1.54) is 27.1 Å². The number of allylic oxidation sites excluding steroid dienone is 2. The number of imidazole rings is 1. The Bertz CT molecular complexity index is 2530. The zero-order valence-electron chi connectivity index (χ0n) is 26.0. The number of para-hydroxylation sites is 2. The van der Waals surface area contributed by atoms with Crippen molar-refractivity contribution in [3.8, 4) is 16.8 Å². The number of hydrogen-bond acceptors (Lipinski definition) is 1. The topological polar surface area (TPSA) is 22.2 Å². The fraction of sp³-hybridized carbons (Fsp3) is 0.0465. The highest BCUT2D eigenvalue weighted by molar-refractivity contribution is 6.18. The Morgan fingerprint density at radius 1 is 0.587 bits per heavy atom. The first kappa shape index (κ1) is 27.6. The van der Waals surface area contributed by atoms with E-state index in [2.05, 4.69) is 150 Å². The second-order valence-corrected chi connectivity index (χ2v) is 11.6. The smallest absolute Gasteiger partial charge is 0.146 e. The van der Waals surface area contributed by atoms with Gasteiger partial charge in [0.1, 0.15) is 5.65 Å². The number of fused-ring (bicyclic) bond motifs is 9. The Morgan fingerprint density at radius 3 is 1.85 bits per heavy atom. The SMILES string of the molecule is C=Cc1c(C=C)c(/C=C\C)n(-c2ccc(-c3ccc4c(c3)c3cc5ccccc5cc3c3nc5ccccc5n43)cc2)c1/C=C\C. The fourth-order valence-electron chi connectivity index (χ4n) is 7.03. The summed E-state index contributed by atoms with van der Waals surface area (Å²) in [6.45, 7) is 12.3. The summed E-state index contributed by atoms with van der Waals surface area (Å²) < 4.78 is 4.61. The molecule has 0 saturated heterocycles. The van der Waals surface area contributed by atoms with Crippen molar-refractivity contribution in [2.45, 2.75) is 13.8 Å². The van der Waals surface area contributed by atoms with Gasteiger partial charge >= 0.3 is 0 Å². The Labute approximate surface area is 268 Å². The molecule has 0 radical (unpaired) electrons. The monoisotopic (exact) mass is 591 g/mol. The van der Waals surface area contributed by atoms with Crippen LogP contribution in [0, 0.1) is 0 Å². The summed E-state index contributed by atoms with van der Waals surface area (Å²) in [4.78, 5) is 5.12. The lowest BCUT2D eigenvalue weighted by molar-refractivity contribution is 1.04. The highest BCUT2D eigenvalue weighted by Gasteiger charge is 2.18. The molecule has 0 fully saturated rings. The van der Waals surface area contributed by atoms with Crippen molar-refractivity contribution in [3.63, 3.8) is 0 Å². The second-order valence-electron chi connectivity index (χ2n) is 11.6. The summed E-state index contributed by atoms with van der Waals surface area (Å²) in [5, 5.41) is 6.02. The first-order valence-electron chi connectivity index (χ1n) is 15.7. The maximum atomic E-state index is 5.12. The predicted octanol–water partition coefficient (Wildman–Crippen LogP) is 11.8. The van der Waals surface area contributed by atoms with E-state index >= 15 is 0 Å². The van der Waals surface area contributed by atoms with Crippen LogP contribution in [0.4, 0.5) is 0 Å². The third kappa shape index (κ3) is 4.09. The molecule has 0 atom stereocenters. The molecule has 46 heavy (non-hydrogen) atoms. The van der Waals surface area contributed by atoms with Gasteiger partial charge in [0.05, 0.1) is 27.9 Å². The van der Waals surface area contributed by atoms with Gasteiger partial charge in [-0.15, -0.1) is 0 Å². The Balaban J connectivity index is 1.35. The quantitative estimate of drug-likeness (QED) is 0.139. The van der Waals surface area contributed by atoms with Gasteiger partial charge < -0.3 is 4.57 Å². The molecule has 0 saturated carbocycles. The van der Waals surface area contributed by atoms with Gasteiger partial charge in [-0.05, 0) is 102 Å². The first-order chi connectivity index (χ1) is 22.6. The zero-order chi connectivity index (χ0) is 31.4. The van der Waals surface area contributed by atoms with Crippen LogP contribution < -0.4 is 0 Å². The van der Waals surface area contributed by atoms with E-state index in [0.717, 1.165) is 61.3 Å². The summed E-state index contributed by atoms with van der Waals surface area (Å²) in [5.74, 6) is 0. The van der Waals surface area contributed by atoms with Gasteiger partial charge in [0.25, 0.3) is 0 Å². The van der Waals surface area contributed by atoms with Gasteiger partial charge in [-0.1, -0.05) is 92.1 Å². The van der Waals surface area contributed by atoms with Crippen LogP contribution in [0.1, 0.15) is 36.4 Å². The van der Waals surface area contributed by atoms with E-state index in [-0.39, 0.29) is 0 Å². The van der Waals surface area contributed by atoms with E-state index in [1.807, 2.05) is 26.0 Å². The van der Waals surface area contributed by atoms with Crippen molar-refractivity contribution in [1.82, 2.24) is 14.0 Å². The van der Waals surface area contributed by atoms with Crippen LogP contribution in [0.3, 0.4) is 0 Å². The minimum absolute atomic E-state index is 0.991. The van der Waals surface area contributed by atoms with Crippen LogP contribution in [-0.4, -0.2) is 14.0 Å². The van der Waals surface area contributed by atoms with Gasteiger partial charge in [0, 0.05) is 27.6 Å². The molecular weight excluding hydrogens is 558 g/mol. The molecule has 0 aliphatic rings. The molecule has 3 heteroatoms. The first-order valence-corrected chi connectivity index (χ1v) is 15.7. The molecule has 8 rings (SSSR count). The van der Waals surface area contributed by atoms with E-state index < -0.39 is 0 Å². The second kappa shape index (κ2) is 10.9. The van der Waals surface area contributed by atoms with Crippen molar-refractivity contribution in [3.05, 3.63) is 151 Å². The average Bonchev–Trinajstić information content (AvgIpc) is 3.63. The van der Waals surface area contributed by atoms with E-state index in [9.17, 15) is 0 Å². The van der Waals surface area contributed by atoms with Crippen molar-refractivity contribution in [1.29, 1.82) is 0 Å². The molecule has 0 aliphatic heterocycles. The molecule has 3 nitrogen and oxygen atoms in total. The number of aromatic nitrogens is 3. The van der Waals surface area contributed by atoms with Crippen LogP contribution in [0.15, 0.2) is 128 Å². The molecular formula is C43H33N3. The molecule has 0 bridgehead atoms. The number of hydrogen-bond donors (Lipinski definition) is 0. The molecule has 3 aromatic heterocycles. The molecule has 0 spiro atoms. The minimum Gasteiger partial charge on any atom is -0.309 e. The molecule has 0 N–H and O–H groups in total. The molecule has 0 unspecified atom stereocenters. The summed E-state index contributed by atoms with van der Waals surface area (Å²) in [7, 11) is 0. The Morgan fingerprint density at radius 2 is 1.20 bits per heavy atom. The number of pyridine rings is 1. The summed E-state index contributed by atoms with van der Waals surface area (Å²) in [6.07, 6.45) is 12.3. The number of benzene rings is 5. The van der Waals surface area contributed by atoms with Gasteiger partial charge in [-0.2, -0.15) is 0 Å². The van der Waals surface area contributed by atoms with Gasteiger partial charge in [-0.25, -0.2) is 4.98 Å². The van der Waals surface area contributed by atoms with E-state index in [4.69, 9.17) is 4.98 Å². The normalized spacial score (nSPS) is 12.1. The Hall–Kier alpha value is -5.93. The molecule has 220 valence electrons. The molecule has 3 heterocycles. The van der Waals surface area contributed by atoms with Crippen LogP contribution >= 0.6 is 0 Å². The Kier molecular flexibility index (Phi) is 6.54. The minimum atomic E-state index is 0.991.